The molecule has 0 saturated heterocycles. The largest absolute Gasteiger partial charge is 0.466 e. The molecule has 0 aliphatic rings. The first kappa shape index (κ1) is 82.8. The lowest BCUT2D eigenvalue weighted by atomic mass is 10.0. The summed E-state index contributed by atoms with van der Waals surface area (Å²) in [5, 5.41) is 23.3. The molecule has 0 aromatic carbocycles. The van der Waals surface area contributed by atoms with Gasteiger partial charge in [0.25, 0.3) is 0 Å². The van der Waals surface area contributed by atoms with Crippen LogP contribution in [0, 0.1) is 0 Å². The van der Waals surface area contributed by atoms with Crippen molar-refractivity contribution in [3.63, 3.8) is 0 Å². The lowest BCUT2D eigenvalue weighted by Crippen LogP contribution is -2.45. The molecule has 2 atom stereocenters. The van der Waals surface area contributed by atoms with E-state index in [9.17, 15) is 19.8 Å². The van der Waals surface area contributed by atoms with Crippen molar-refractivity contribution in [2.75, 3.05) is 13.2 Å². The Hall–Kier alpha value is -2.18. The maximum atomic E-state index is 12.5. The molecule has 500 valence electrons. The molecule has 0 fully saturated rings. The number of allylic oxidation sites excluding steroid dienone is 7. The smallest absolute Gasteiger partial charge is 0.305 e. The lowest BCUT2D eigenvalue weighted by Gasteiger charge is -2.20. The van der Waals surface area contributed by atoms with E-state index in [0.29, 0.717) is 19.4 Å². The first-order valence-corrected chi connectivity index (χ1v) is 38.4. The second-order valence-corrected chi connectivity index (χ2v) is 26.3. The molecule has 0 rings (SSSR count). The van der Waals surface area contributed by atoms with E-state index in [-0.39, 0.29) is 18.5 Å². The van der Waals surface area contributed by atoms with Crippen LogP contribution in [0.2, 0.25) is 0 Å². The second-order valence-electron chi connectivity index (χ2n) is 26.3. The van der Waals surface area contributed by atoms with Crippen molar-refractivity contribution in [1.82, 2.24) is 5.32 Å². The van der Waals surface area contributed by atoms with Crippen molar-refractivity contribution in [2.45, 2.75) is 431 Å². The Labute approximate surface area is 531 Å². The summed E-state index contributed by atoms with van der Waals surface area (Å²) in [7, 11) is 0. The summed E-state index contributed by atoms with van der Waals surface area (Å²) in [5.41, 5.74) is 0. The van der Waals surface area contributed by atoms with Crippen LogP contribution in [-0.4, -0.2) is 47.4 Å². The first-order valence-electron chi connectivity index (χ1n) is 38.4. The molecule has 0 aromatic heterocycles. The van der Waals surface area contributed by atoms with Crippen molar-refractivity contribution in [3.05, 3.63) is 48.6 Å². The lowest BCUT2D eigenvalue weighted by molar-refractivity contribution is -0.143. The Kier molecular flexibility index (Phi) is 72.4. The van der Waals surface area contributed by atoms with Crippen LogP contribution >= 0.6 is 0 Å². The summed E-state index contributed by atoms with van der Waals surface area (Å²) >= 11 is 0. The molecule has 3 N–H and O–H groups in total. The fourth-order valence-corrected chi connectivity index (χ4v) is 12.0. The number of aliphatic hydroxyl groups is 2. The van der Waals surface area contributed by atoms with Crippen LogP contribution in [0.15, 0.2) is 48.6 Å². The molecule has 6 heteroatoms. The number of unbranched alkanes of at least 4 members (excludes halogenated alkanes) is 55. The van der Waals surface area contributed by atoms with Gasteiger partial charge in [-0.2, -0.15) is 0 Å². The number of amides is 1. The van der Waals surface area contributed by atoms with Crippen molar-refractivity contribution in [3.8, 4) is 0 Å². The molecule has 0 saturated carbocycles. The van der Waals surface area contributed by atoms with E-state index in [1.54, 1.807) is 6.08 Å². The average Bonchev–Trinajstić information content (AvgIpc) is 3.51. The van der Waals surface area contributed by atoms with Gasteiger partial charge < -0.3 is 20.3 Å². The quantitative estimate of drug-likeness (QED) is 0.0320. The Morgan fingerprint density at radius 1 is 0.329 bits per heavy atom. The standard InChI is InChI=1S/C79H149NO5/c1-3-5-7-9-11-13-15-17-19-21-23-24-33-36-39-43-47-51-55-59-63-67-71-77(82)76(75-81)80-78(83)72-68-64-60-56-52-48-44-40-37-34-31-29-27-25-26-28-30-32-35-38-42-46-50-54-58-62-66-70-74-85-79(84)73-69-65-61-57-53-49-45-41-22-20-18-16-14-12-10-8-6-4-2/h14,16,20,22,25-26,67,71,76-77,81-82H,3-13,15,17-19,21,23-24,27-66,68-70,72-75H2,1-2H3,(H,80,83)/b16-14-,22-20-,26-25-,71-67+. The third kappa shape index (κ3) is 70.8. The maximum absolute atomic E-state index is 12.5. The van der Waals surface area contributed by atoms with Gasteiger partial charge in [0.05, 0.1) is 25.4 Å². The molecule has 0 bridgehead atoms. The third-order valence-electron chi connectivity index (χ3n) is 17.8. The number of aliphatic hydroxyl groups excluding tert-OH is 2. The van der Waals surface area contributed by atoms with Crippen molar-refractivity contribution < 1.29 is 24.5 Å². The Morgan fingerprint density at radius 2 is 0.588 bits per heavy atom. The van der Waals surface area contributed by atoms with Crippen LogP contribution in [0.25, 0.3) is 0 Å². The summed E-state index contributed by atoms with van der Waals surface area (Å²) in [5.74, 6) is -0.0555. The van der Waals surface area contributed by atoms with E-state index < -0.39 is 12.1 Å². The Bertz CT molecular complexity index is 1420. The van der Waals surface area contributed by atoms with Crippen LogP contribution in [0.1, 0.15) is 418 Å². The SMILES string of the molecule is CCCCCC/C=C\C/C=C\CCCCCCCCCC(=O)OCCCCCCCCCCCCCC/C=C\CCCCCCCCCCCCCCC(=O)NC(CO)C(O)/C=C/CCCCCCCCCCCCCCCCCCCCCC. The zero-order valence-electron chi connectivity index (χ0n) is 57.4. The first-order chi connectivity index (χ1) is 42.0. The number of esters is 1. The van der Waals surface area contributed by atoms with Gasteiger partial charge >= 0.3 is 5.97 Å². The molecule has 0 aromatic rings. The Morgan fingerprint density at radius 3 is 0.918 bits per heavy atom. The highest BCUT2D eigenvalue weighted by molar-refractivity contribution is 5.76. The van der Waals surface area contributed by atoms with Crippen molar-refractivity contribution in [1.29, 1.82) is 0 Å². The second kappa shape index (κ2) is 74.3. The highest BCUT2D eigenvalue weighted by atomic mass is 16.5. The molecule has 85 heavy (non-hydrogen) atoms. The highest BCUT2D eigenvalue weighted by Gasteiger charge is 2.18. The van der Waals surface area contributed by atoms with E-state index in [1.165, 1.54) is 340 Å². The molecular formula is C79H149NO5. The van der Waals surface area contributed by atoms with Crippen molar-refractivity contribution >= 4 is 11.9 Å². The monoisotopic (exact) mass is 1190 g/mol. The predicted molar refractivity (Wildman–Crippen MR) is 375 cm³/mol. The van der Waals surface area contributed by atoms with Crippen LogP contribution in [0.4, 0.5) is 0 Å². The minimum Gasteiger partial charge on any atom is -0.466 e. The van der Waals surface area contributed by atoms with E-state index in [2.05, 4.69) is 55.6 Å². The van der Waals surface area contributed by atoms with E-state index in [0.717, 1.165) is 51.4 Å². The van der Waals surface area contributed by atoms with Gasteiger partial charge in [-0.05, 0) is 89.9 Å². The minimum absolute atomic E-state index is 0.00860. The summed E-state index contributed by atoms with van der Waals surface area (Å²) in [6.45, 7) is 4.92. The Balaban J connectivity index is 3.40. The number of ether oxygens (including phenoxy) is 1. The maximum Gasteiger partial charge on any atom is 0.305 e. The molecule has 0 aliphatic heterocycles. The van der Waals surface area contributed by atoms with E-state index in [4.69, 9.17) is 4.74 Å². The van der Waals surface area contributed by atoms with Crippen LogP contribution < -0.4 is 5.32 Å². The van der Waals surface area contributed by atoms with Crippen molar-refractivity contribution in [2.24, 2.45) is 0 Å². The van der Waals surface area contributed by atoms with E-state index in [1.807, 2.05) is 6.08 Å². The summed E-state index contributed by atoms with van der Waals surface area (Å²) in [6, 6.07) is -0.630. The third-order valence-corrected chi connectivity index (χ3v) is 17.8. The molecule has 0 aliphatic carbocycles. The van der Waals surface area contributed by atoms with Gasteiger partial charge in [0, 0.05) is 12.8 Å². The fraction of sp³-hybridized carbons (Fsp3) is 0.873. The van der Waals surface area contributed by atoms with E-state index >= 15 is 0 Å². The molecule has 1 amide bonds. The van der Waals surface area contributed by atoms with Gasteiger partial charge in [0.2, 0.25) is 5.91 Å². The summed E-state index contributed by atoms with van der Waals surface area (Å²) < 4.78 is 5.50. The average molecular weight is 1190 g/mol. The normalized spacial score (nSPS) is 12.8. The molecular weight excluding hydrogens is 1040 g/mol. The zero-order valence-corrected chi connectivity index (χ0v) is 57.4. The van der Waals surface area contributed by atoms with Gasteiger partial charge in [0.15, 0.2) is 0 Å². The molecule has 0 heterocycles. The molecule has 6 nitrogen and oxygen atoms in total. The number of hydrogen-bond donors (Lipinski definition) is 3. The van der Waals surface area contributed by atoms with Gasteiger partial charge in [-0.25, -0.2) is 0 Å². The topological polar surface area (TPSA) is 95.9 Å². The number of nitrogens with one attached hydrogen (secondary N) is 1. The van der Waals surface area contributed by atoms with Crippen LogP contribution in [0.3, 0.4) is 0 Å². The van der Waals surface area contributed by atoms with Crippen LogP contribution in [-0.2, 0) is 14.3 Å². The number of rotatable bonds is 72. The highest BCUT2D eigenvalue weighted by Crippen LogP contribution is 2.19. The van der Waals surface area contributed by atoms with Gasteiger partial charge in [-0.15, -0.1) is 0 Å². The molecule has 2 unspecified atom stereocenters. The number of hydrogen-bond acceptors (Lipinski definition) is 5. The molecule has 0 spiro atoms. The van der Waals surface area contributed by atoms with Gasteiger partial charge in [-0.3, -0.25) is 9.59 Å². The zero-order chi connectivity index (χ0) is 61.3. The minimum atomic E-state index is -0.846. The molecule has 0 radical (unpaired) electrons. The fourth-order valence-electron chi connectivity index (χ4n) is 12.0. The predicted octanol–water partition coefficient (Wildman–Crippen LogP) is 25.2. The van der Waals surface area contributed by atoms with Gasteiger partial charge in [0.1, 0.15) is 0 Å². The summed E-state index contributed by atoms with van der Waals surface area (Å²) in [4.78, 5) is 24.7. The number of carbonyl (C=O) groups is 2. The number of carbonyl (C=O) groups excluding carboxylic acids is 2. The summed E-state index contributed by atoms with van der Waals surface area (Å²) in [6.07, 6.45) is 97.8. The van der Waals surface area contributed by atoms with Gasteiger partial charge in [-0.1, -0.05) is 364 Å². The van der Waals surface area contributed by atoms with Crippen LogP contribution in [0.5, 0.6) is 0 Å².